The van der Waals surface area contributed by atoms with E-state index in [9.17, 15) is 0 Å². The Morgan fingerprint density at radius 1 is 1.47 bits per heavy atom. The quantitative estimate of drug-likeness (QED) is 0.730. The molecule has 88 valence electrons. The van der Waals surface area contributed by atoms with Gasteiger partial charge in [-0.1, -0.05) is 0 Å². The van der Waals surface area contributed by atoms with Crippen LogP contribution in [0.3, 0.4) is 0 Å². The van der Waals surface area contributed by atoms with E-state index in [0.29, 0.717) is 12.6 Å². The van der Waals surface area contributed by atoms with Gasteiger partial charge < -0.3 is 15.2 Å². The smallest absolute Gasteiger partial charge is 0.0743 e. The van der Waals surface area contributed by atoms with E-state index in [2.05, 4.69) is 18.9 Å². The summed E-state index contributed by atoms with van der Waals surface area (Å²) in [6.45, 7) is 5.35. The maximum Gasteiger partial charge on any atom is 0.0743 e. The molecule has 2 saturated heterocycles. The number of likely N-dealkylation sites (N-methyl/N-ethyl adjacent to an activating group) is 1. The molecule has 2 N–H and O–H groups in total. The lowest BCUT2D eigenvalue weighted by atomic mass is 9.88. The van der Waals surface area contributed by atoms with E-state index in [1.807, 2.05) is 0 Å². The number of hydrogen-bond acceptors (Lipinski definition) is 4. The molecule has 0 aromatic carbocycles. The van der Waals surface area contributed by atoms with Gasteiger partial charge in [0.15, 0.2) is 0 Å². The lowest BCUT2D eigenvalue weighted by molar-refractivity contribution is 0.00379. The molecule has 4 heteroatoms. The van der Waals surface area contributed by atoms with Gasteiger partial charge in [-0.15, -0.1) is 0 Å². The lowest BCUT2D eigenvalue weighted by Gasteiger charge is -2.43. The molecule has 0 bridgehead atoms. The Bertz CT molecular complexity index is 219. The summed E-state index contributed by atoms with van der Waals surface area (Å²) in [5.74, 6) is 0. The predicted molar refractivity (Wildman–Crippen MR) is 58.8 cm³/mol. The predicted octanol–water partition coefficient (Wildman–Crippen LogP) is 0.213. The second kappa shape index (κ2) is 4.37. The Morgan fingerprint density at radius 3 is 2.73 bits per heavy atom. The number of rotatable bonds is 3. The zero-order chi connectivity index (χ0) is 10.9. The van der Waals surface area contributed by atoms with E-state index in [1.54, 1.807) is 0 Å². The van der Waals surface area contributed by atoms with E-state index >= 15 is 0 Å². The van der Waals surface area contributed by atoms with Gasteiger partial charge in [0.2, 0.25) is 0 Å². The fraction of sp³-hybridized carbons (Fsp3) is 1.00. The molecule has 2 aliphatic heterocycles. The zero-order valence-electron chi connectivity index (χ0n) is 9.74. The maximum atomic E-state index is 5.97. The number of ether oxygens (including phenoxy) is 2. The maximum absolute atomic E-state index is 5.97. The highest BCUT2D eigenvalue weighted by molar-refractivity contribution is 5.01. The molecule has 0 aromatic rings. The van der Waals surface area contributed by atoms with Crippen LogP contribution in [0.25, 0.3) is 0 Å². The summed E-state index contributed by atoms with van der Waals surface area (Å²) in [5, 5.41) is 0. The van der Waals surface area contributed by atoms with Crippen molar-refractivity contribution in [1.82, 2.24) is 4.90 Å². The molecule has 2 heterocycles. The number of nitrogens with zero attached hydrogens (tertiary/aromatic N) is 1. The Morgan fingerprint density at radius 2 is 2.27 bits per heavy atom. The first-order valence-electron chi connectivity index (χ1n) is 5.83. The third-order valence-corrected chi connectivity index (χ3v) is 4.17. The molecular formula is C11H22N2O2. The summed E-state index contributed by atoms with van der Waals surface area (Å²) in [4.78, 5) is 2.40. The van der Waals surface area contributed by atoms with Crippen molar-refractivity contribution >= 4 is 0 Å². The first-order valence-corrected chi connectivity index (χ1v) is 5.83. The third kappa shape index (κ3) is 1.80. The van der Waals surface area contributed by atoms with Crippen LogP contribution in [0, 0.1) is 0 Å². The van der Waals surface area contributed by atoms with Gasteiger partial charge in [0.05, 0.1) is 18.2 Å². The van der Waals surface area contributed by atoms with Gasteiger partial charge in [0, 0.05) is 25.8 Å². The topological polar surface area (TPSA) is 47.7 Å². The van der Waals surface area contributed by atoms with Gasteiger partial charge in [-0.05, 0) is 26.8 Å². The Hall–Kier alpha value is -0.160. The number of nitrogens with two attached hydrogens (primary N) is 1. The normalized spacial score (nSPS) is 41.6. The minimum Gasteiger partial charge on any atom is -0.380 e. The molecule has 4 nitrogen and oxygen atoms in total. The largest absolute Gasteiger partial charge is 0.380 e. The summed E-state index contributed by atoms with van der Waals surface area (Å²) in [5.41, 5.74) is 5.99. The van der Waals surface area contributed by atoms with Crippen LogP contribution in [-0.4, -0.2) is 56.0 Å². The van der Waals surface area contributed by atoms with Crippen molar-refractivity contribution in [3.05, 3.63) is 0 Å². The highest BCUT2D eigenvalue weighted by Crippen LogP contribution is 2.33. The molecule has 0 saturated carbocycles. The fourth-order valence-electron chi connectivity index (χ4n) is 2.84. The van der Waals surface area contributed by atoms with Crippen LogP contribution >= 0.6 is 0 Å². The minimum absolute atomic E-state index is 0.0262. The van der Waals surface area contributed by atoms with Gasteiger partial charge in [-0.3, -0.25) is 4.90 Å². The first-order chi connectivity index (χ1) is 7.20. The fourth-order valence-corrected chi connectivity index (χ4v) is 2.84. The molecule has 0 radical (unpaired) electrons. The van der Waals surface area contributed by atoms with Crippen molar-refractivity contribution < 1.29 is 9.47 Å². The third-order valence-electron chi connectivity index (χ3n) is 4.17. The van der Waals surface area contributed by atoms with Crippen molar-refractivity contribution in [3.63, 3.8) is 0 Å². The van der Waals surface area contributed by atoms with E-state index in [1.165, 1.54) is 0 Å². The van der Waals surface area contributed by atoms with Crippen molar-refractivity contribution in [2.75, 3.05) is 33.4 Å². The van der Waals surface area contributed by atoms with Crippen molar-refractivity contribution in [2.24, 2.45) is 5.73 Å². The van der Waals surface area contributed by atoms with Gasteiger partial charge in [-0.2, -0.15) is 0 Å². The van der Waals surface area contributed by atoms with Crippen LogP contribution in [0.4, 0.5) is 0 Å². The standard InChI is InChI=1S/C11H22N2O2/c1-9-11(8-12,4-6-15-9)13(2)10-3-5-14-7-10/h9-10H,3-8,12H2,1-2H3. The Labute approximate surface area is 91.7 Å². The van der Waals surface area contributed by atoms with E-state index in [0.717, 1.165) is 32.7 Å². The molecular weight excluding hydrogens is 192 g/mol. The average Bonchev–Trinajstić information content (AvgIpc) is 2.86. The molecule has 0 aromatic heterocycles. The molecule has 0 spiro atoms. The summed E-state index contributed by atoms with van der Waals surface area (Å²) >= 11 is 0. The summed E-state index contributed by atoms with van der Waals surface area (Å²) in [7, 11) is 2.16. The molecule has 2 aliphatic rings. The minimum atomic E-state index is 0.0262. The highest BCUT2D eigenvalue weighted by atomic mass is 16.5. The van der Waals surface area contributed by atoms with Crippen LogP contribution < -0.4 is 5.73 Å². The molecule has 3 atom stereocenters. The summed E-state index contributed by atoms with van der Waals surface area (Å²) in [6, 6.07) is 0.512. The van der Waals surface area contributed by atoms with Crippen LogP contribution in [0.2, 0.25) is 0 Å². The van der Waals surface area contributed by atoms with Gasteiger partial charge in [-0.25, -0.2) is 0 Å². The molecule has 3 unspecified atom stereocenters. The molecule has 15 heavy (non-hydrogen) atoms. The first kappa shape index (κ1) is 11.3. The second-order valence-corrected chi connectivity index (χ2v) is 4.70. The Balaban J connectivity index is 2.10. The average molecular weight is 214 g/mol. The van der Waals surface area contributed by atoms with Crippen molar-refractivity contribution in [3.8, 4) is 0 Å². The molecule has 0 aliphatic carbocycles. The SMILES string of the molecule is CC1OCCC1(CN)N(C)C1CCOC1. The van der Waals surface area contributed by atoms with Gasteiger partial charge >= 0.3 is 0 Å². The molecule has 2 rings (SSSR count). The van der Waals surface area contributed by atoms with Gasteiger partial charge in [0.1, 0.15) is 0 Å². The summed E-state index contributed by atoms with van der Waals surface area (Å²) < 4.78 is 11.1. The molecule has 2 fully saturated rings. The van der Waals surface area contributed by atoms with E-state index in [-0.39, 0.29) is 11.6 Å². The second-order valence-electron chi connectivity index (χ2n) is 4.70. The van der Waals surface area contributed by atoms with E-state index < -0.39 is 0 Å². The highest BCUT2D eigenvalue weighted by Gasteiger charge is 2.46. The van der Waals surface area contributed by atoms with Crippen LogP contribution in [-0.2, 0) is 9.47 Å². The monoisotopic (exact) mass is 214 g/mol. The Kier molecular flexibility index (Phi) is 3.30. The van der Waals surface area contributed by atoms with Crippen molar-refractivity contribution in [1.29, 1.82) is 0 Å². The zero-order valence-corrected chi connectivity index (χ0v) is 9.74. The number of hydrogen-bond donors (Lipinski definition) is 1. The van der Waals surface area contributed by atoms with Crippen LogP contribution in [0.15, 0.2) is 0 Å². The van der Waals surface area contributed by atoms with E-state index in [4.69, 9.17) is 15.2 Å². The van der Waals surface area contributed by atoms with Gasteiger partial charge in [0.25, 0.3) is 0 Å². The lowest BCUT2D eigenvalue weighted by Crippen LogP contribution is -2.60. The van der Waals surface area contributed by atoms with Crippen molar-refractivity contribution in [2.45, 2.75) is 37.5 Å². The van der Waals surface area contributed by atoms with Crippen LogP contribution in [0.1, 0.15) is 19.8 Å². The molecule has 0 amide bonds. The van der Waals surface area contributed by atoms with Crippen LogP contribution in [0.5, 0.6) is 0 Å². The summed E-state index contributed by atoms with van der Waals surface area (Å²) in [6.07, 6.45) is 2.39.